The Morgan fingerprint density at radius 3 is 2.94 bits per heavy atom. The van der Waals surface area contributed by atoms with Gasteiger partial charge in [0.2, 0.25) is 0 Å². The van der Waals surface area contributed by atoms with Gasteiger partial charge in [0.15, 0.2) is 5.78 Å². The first-order valence-corrected chi connectivity index (χ1v) is 5.69. The number of nitrogens with zero attached hydrogens (tertiary/aromatic N) is 2. The Labute approximate surface area is 104 Å². The number of hydrogen-bond donors (Lipinski definition) is 1. The molecule has 0 unspecified atom stereocenters. The highest BCUT2D eigenvalue weighted by molar-refractivity contribution is 6.08. The molecule has 4 nitrogen and oxygen atoms in total. The number of ketones is 1. The SMILES string of the molecule is O=C(Cc1ccncn1)c1c[nH]c2ccccc12. The molecule has 88 valence electrons. The van der Waals surface area contributed by atoms with E-state index >= 15 is 0 Å². The second kappa shape index (κ2) is 4.41. The van der Waals surface area contributed by atoms with Crippen LogP contribution in [0.1, 0.15) is 16.1 Å². The minimum Gasteiger partial charge on any atom is -0.360 e. The molecule has 0 bridgehead atoms. The highest BCUT2D eigenvalue weighted by Gasteiger charge is 2.12. The van der Waals surface area contributed by atoms with Crippen molar-refractivity contribution in [2.24, 2.45) is 0 Å². The molecule has 0 spiro atoms. The van der Waals surface area contributed by atoms with Crippen molar-refractivity contribution in [1.82, 2.24) is 15.0 Å². The monoisotopic (exact) mass is 237 g/mol. The number of carbonyl (C=O) groups excluding carboxylic acids is 1. The summed E-state index contributed by atoms with van der Waals surface area (Å²) < 4.78 is 0. The predicted molar refractivity (Wildman–Crippen MR) is 68.4 cm³/mol. The van der Waals surface area contributed by atoms with Gasteiger partial charge in [-0.2, -0.15) is 0 Å². The van der Waals surface area contributed by atoms with Gasteiger partial charge >= 0.3 is 0 Å². The van der Waals surface area contributed by atoms with Crippen LogP contribution in [0.25, 0.3) is 10.9 Å². The molecule has 3 rings (SSSR count). The third-order valence-electron chi connectivity index (χ3n) is 2.87. The Morgan fingerprint density at radius 2 is 2.11 bits per heavy atom. The van der Waals surface area contributed by atoms with Crippen molar-refractivity contribution in [2.75, 3.05) is 0 Å². The zero-order valence-corrected chi connectivity index (χ0v) is 9.63. The van der Waals surface area contributed by atoms with E-state index in [1.807, 2.05) is 24.3 Å². The van der Waals surface area contributed by atoms with Crippen molar-refractivity contribution in [3.63, 3.8) is 0 Å². The number of carbonyl (C=O) groups is 1. The van der Waals surface area contributed by atoms with Crippen LogP contribution in [0.5, 0.6) is 0 Å². The van der Waals surface area contributed by atoms with E-state index in [2.05, 4.69) is 15.0 Å². The second-order valence-corrected chi connectivity index (χ2v) is 4.05. The molecule has 0 saturated heterocycles. The molecule has 18 heavy (non-hydrogen) atoms. The van der Waals surface area contributed by atoms with Crippen molar-refractivity contribution < 1.29 is 4.79 Å². The zero-order valence-electron chi connectivity index (χ0n) is 9.63. The van der Waals surface area contributed by atoms with Crippen molar-refractivity contribution >= 4 is 16.7 Å². The summed E-state index contributed by atoms with van der Waals surface area (Å²) in [5.74, 6) is 0.0613. The predicted octanol–water partition coefficient (Wildman–Crippen LogP) is 2.38. The lowest BCUT2D eigenvalue weighted by atomic mass is 10.1. The van der Waals surface area contributed by atoms with Crippen LogP contribution in [0.2, 0.25) is 0 Å². The van der Waals surface area contributed by atoms with Crippen LogP contribution >= 0.6 is 0 Å². The van der Waals surface area contributed by atoms with E-state index < -0.39 is 0 Å². The number of aromatic amines is 1. The van der Waals surface area contributed by atoms with Gasteiger partial charge in [0.25, 0.3) is 0 Å². The molecule has 0 radical (unpaired) electrons. The van der Waals surface area contributed by atoms with E-state index in [1.165, 1.54) is 6.33 Å². The third-order valence-corrected chi connectivity index (χ3v) is 2.87. The van der Waals surface area contributed by atoms with Gasteiger partial charge in [0, 0.05) is 28.9 Å². The van der Waals surface area contributed by atoms with Crippen LogP contribution in [0.4, 0.5) is 0 Å². The molecule has 3 aromatic rings. The molecule has 0 aliphatic carbocycles. The smallest absolute Gasteiger partial charge is 0.170 e. The topological polar surface area (TPSA) is 58.6 Å². The lowest BCUT2D eigenvalue weighted by Crippen LogP contribution is -2.04. The summed E-state index contributed by atoms with van der Waals surface area (Å²) in [5, 5.41) is 0.955. The second-order valence-electron chi connectivity index (χ2n) is 4.05. The van der Waals surface area contributed by atoms with Crippen LogP contribution in [0.3, 0.4) is 0 Å². The minimum atomic E-state index is 0.0613. The number of rotatable bonds is 3. The highest BCUT2D eigenvalue weighted by Crippen LogP contribution is 2.19. The first-order chi connectivity index (χ1) is 8.84. The fourth-order valence-corrected chi connectivity index (χ4v) is 1.98. The van der Waals surface area contributed by atoms with Gasteiger partial charge in [-0.3, -0.25) is 4.79 Å². The molecule has 0 atom stereocenters. The zero-order chi connectivity index (χ0) is 12.4. The highest BCUT2D eigenvalue weighted by atomic mass is 16.1. The maximum atomic E-state index is 12.2. The Bertz CT molecular complexity index is 688. The average molecular weight is 237 g/mol. The first-order valence-electron chi connectivity index (χ1n) is 5.69. The minimum absolute atomic E-state index is 0.0613. The van der Waals surface area contributed by atoms with Crippen molar-refractivity contribution in [3.8, 4) is 0 Å². The number of benzene rings is 1. The standard InChI is InChI=1S/C14H11N3O/c18-14(7-10-5-6-15-9-17-10)12-8-16-13-4-2-1-3-11(12)13/h1-6,8-9,16H,7H2. The molecule has 0 amide bonds. The quantitative estimate of drug-likeness (QED) is 0.711. The number of Topliss-reactive ketones (excluding diaryl/α,β-unsaturated/α-hetero) is 1. The molecule has 2 aromatic heterocycles. The van der Waals surface area contributed by atoms with Gasteiger partial charge in [-0.15, -0.1) is 0 Å². The molecule has 0 saturated carbocycles. The number of para-hydroxylation sites is 1. The summed E-state index contributed by atoms with van der Waals surface area (Å²) in [6.45, 7) is 0. The molecule has 1 N–H and O–H groups in total. The number of hydrogen-bond acceptors (Lipinski definition) is 3. The summed E-state index contributed by atoms with van der Waals surface area (Å²) in [4.78, 5) is 23.2. The Hall–Kier alpha value is -2.49. The fourth-order valence-electron chi connectivity index (χ4n) is 1.98. The molecule has 0 aliphatic heterocycles. The summed E-state index contributed by atoms with van der Waals surface area (Å²) in [5.41, 5.74) is 2.42. The molecule has 4 heteroatoms. The van der Waals surface area contributed by atoms with Gasteiger partial charge in [0.1, 0.15) is 6.33 Å². The van der Waals surface area contributed by atoms with Crippen LogP contribution in [-0.4, -0.2) is 20.7 Å². The molecule has 0 fully saturated rings. The van der Waals surface area contributed by atoms with Gasteiger partial charge in [0.05, 0.1) is 12.1 Å². The summed E-state index contributed by atoms with van der Waals surface area (Å²) in [7, 11) is 0. The number of H-pyrrole nitrogens is 1. The molecular weight excluding hydrogens is 226 g/mol. The number of nitrogens with one attached hydrogen (secondary N) is 1. The van der Waals surface area contributed by atoms with Crippen molar-refractivity contribution in [1.29, 1.82) is 0 Å². The molecule has 0 aliphatic rings. The molecule has 2 heterocycles. The van der Waals surface area contributed by atoms with Crippen LogP contribution in [-0.2, 0) is 6.42 Å². The van der Waals surface area contributed by atoms with Crippen LogP contribution < -0.4 is 0 Å². The Kier molecular flexibility index (Phi) is 2.61. The van der Waals surface area contributed by atoms with Crippen LogP contribution in [0, 0.1) is 0 Å². The fraction of sp³-hybridized carbons (Fsp3) is 0.0714. The van der Waals surface area contributed by atoms with E-state index in [0.717, 1.165) is 16.6 Å². The molecular formula is C14H11N3O. The maximum absolute atomic E-state index is 12.2. The van der Waals surface area contributed by atoms with Gasteiger partial charge < -0.3 is 4.98 Å². The summed E-state index contributed by atoms with van der Waals surface area (Å²) >= 11 is 0. The van der Waals surface area contributed by atoms with E-state index in [4.69, 9.17) is 0 Å². The largest absolute Gasteiger partial charge is 0.360 e. The summed E-state index contributed by atoms with van der Waals surface area (Å²) in [6.07, 6.45) is 5.15. The number of fused-ring (bicyclic) bond motifs is 1. The number of aromatic nitrogens is 3. The van der Waals surface area contributed by atoms with Gasteiger partial charge in [-0.1, -0.05) is 18.2 Å². The average Bonchev–Trinajstić information content (AvgIpc) is 2.84. The third kappa shape index (κ3) is 1.88. The van der Waals surface area contributed by atoms with Crippen LogP contribution in [0.15, 0.2) is 49.1 Å². The van der Waals surface area contributed by atoms with Gasteiger partial charge in [-0.05, 0) is 12.1 Å². The molecule has 1 aromatic carbocycles. The van der Waals surface area contributed by atoms with Gasteiger partial charge in [-0.25, -0.2) is 9.97 Å². The van der Waals surface area contributed by atoms with E-state index in [-0.39, 0.29) is 5.78 Å². The maximum Gasteiger partial charge on any atom is 0.170 e. The Morgan fingerprint density at radius 1 is 1.22 bits per heavy atom. The van der Waals surface area contributed by atoms with Crippen molar-refractivity contribution in [2.45, 2.75) is 6.42 Å². The van der Waals surface area contributed by atoms with E-state index in [9.17, 15) is 4.79 Å². The lowest BCUT2D eigenvalue weighted by Gasteiger charge is -1.98. The van der Waals surface area contributed by atoms with E-state index in [1.54, 1.807) is 18.5 Å². The Balaban J connectivity index is 1.93. The van der Waals surface area contributed by atoms with E-state index in [0.29, 0.717) is 12.0 Å². The lowest BCUT2D eigenvalue weighted by molar-refractivity contribution is 0.0993. The first kappa shape index (κ1) is 10.7. The van der Waals surface area contributed by atoms with Crippen molar-refractivity contribution in [3.05, 3.63) is 60.3 Å². The normalized spacial score (nSPS) is 10.7. The summed E-state index contributed by atoms with van der Waals surface area (Å²) in [6, 6.07) is 9.53.